The lowest BCUT2D eigenvalue weighted by Gasteiger charge is -2.25. The Labute approximate surface area is 143 Å². The molecule has 2 aliphatic rings. The molecule has 0 spiro atoms. The second-order valence-electron chi connectivity index (χ2n) is 6.93. The lowest BCUT2D eigenvalue weighted by atomic mass is 9.81. The van der Waals surface area contributed by atoms with Crippen LogP contribution in [0.1, 0.15) is 42.7 Å². The minimum absolute atomic E-state index is 0.0213. The van der Waals surface area contributed by atoms with Gasteiger partial charge in [-0.2, -0.15) is 0 Å². The van der Waals surface area contributed by atoms with Gasteiger partial charge in [0, 0.05) is 13.0 Å². The van der Waals surface area contributed by atoms with Gasteiger partial charge in [-0.25, -0.2) is 8.42 Å². The summed E-state index contributed by atoms with van der Waals surface area (Å²) in [7, 11) is -1.21. The predicted octanol–water partition coefficient (Wildman–Crippen LogP) is 2.06. The topological polar surface area (TPSA) is 72.5 Å². The first kappa shape index (κ1) is 17.3. The van der Waals surface area contributed by atoms with Crippen LogP contribution in [0, 0.1) is 5.92 Å². The van der Waals surface area contributed by atoms with Crippen LogP contribution < -0.4 is 10.1 Å². The Morgan fingerprint density at radius 1 is 1.33 bits per heavy atom. The molecule has 1 aliphatic heterocycles. The van der Waals surface area contributed by atoms with Crippen LogP contribution in [0.3, 0.4) is 0 Å². The first-order valence-corrected chi connectivity index (χ1v) is 10.4. The number of carbonyl (C=O) groups is 1. The lowest BCUT2D eigenvalue weighted by Crippen LogP contribution is -2.31. The van der Waals surface area contributed by atoms with Crippen LogP contribution in [-0.4, -0.2) is 39.5 Å². The number of rotatable bonds is 5. The molecule has 1 N–H and O–H groups in total. The van der Waals surface area contributed by atoms with Crippen molar-refractivity contribution in [2.45, 2.75) is 38.0 Å². The Morgan fingerprint density at radius 3 is 2.88 bits per heavy atom. The maximum Gasteiger partial charge on any atom is 0.220 e. The quantitative estimate of drug-likeness (QED) is 0.881. The summed E-state index contributed by atoms with van der Waals surface area (Å²) in [5.74, 6) is 1.66. The van der Waals surface area contributed by atoms with Crippen LogP contribution in [-0.2, 0) is 21.1 Å². The standard InChI is InChI=1S/C18H25NO4S/c1-23-16-5-6-17-14(9-16)3-2-4-15(17)10-18(20)19-11-13-7-8-24(21,22)12-13/h5-6,9,13,15H,2-4,7-8,10-12H2,1H3,(H,19,20). The number of hydrogen-bond acceptors (Lipinski definition) is 4. The van der Waals surface area contributed by atoms with Crippen LogP contribution in [0.15, 0.2) is 18.2 Å². The molecule has 24 heavy (non-hydrogen) atoms. The number of ether oxygens (including phenoxy) is 1. The molecule has 2 atom stereocenters. The molecule has 1 aromatic rings. The molecule has 0 bridgehead atoms. The van der Waals surface area contributed by atoms with Crippen LogP contribution in [0.2, 0.25) is 0 Å². The van der Waals surface area contributed by atoms with Crippen molar-refractivity contribution in [2.75, 3.05) is 25.2 Å². The number of nitrogens with one attached hydrogen (secondary N) is 1. The summed E-state index contributed by atoms with van der Waals surface area (Å²) in [6, 6.07) is 6.11. The van der Waals surface area contributed by atoms with E-state index in [1.807, 2.05) is 6.07 Å². The number of amides is 1. The molecule has 6 heteroatoms. The minimum atomic E-state index is -2.88. The van der Waals surface area contributed by atoms with E-state index < -0.39 is 9.84 Å². The van der Waals surface area contributed by atoms with E-state index in [9.17, 15) is 13.2 Å². The normalized spacial score (nSPS) is 25.0. The van der Waals surface area contributed by atoms with Gasteiger partial charge in [0.05, 0.1) is 18.6 Å². The fraction of sp³-hybridized carbons (Fsp3) is 0.611. The van der Waals surface area contributed by atoms with Gasteiger partial charge in [-0.15, -0.1) is 0 Å². The zero-order valence-corrected chi connectivity index (χ0v) is 14.9. The summed E-state index contributed by atoms with van der Waals surface area (Å²) in [5, 5.41) is 2.93. The molecule has 0 saturated carbocycles. The Kier molecular flexibility index (Phi) is 5.13. The van der Waals surface area contributed by atoms with Crippen molar-refractivity contribution in [1.82, 2.24) is 5.32 Å². The van der Waals surface area contributed by atoms with Gasteiger partial charge in [0.1, 0.15) is 5.75 Å². The average molecular weight is 351 g/mol. The molecule has 3 rings (SSSR count). The van der Waals surface area contributed by atoms with Gasteiger partial charge in [0.15, 0.2) is 9.84 Å². The Bertz CT molecular complexity index is 714. The third kappa shape index (κ3) is 4.09. The smallest absolute Gasteiger partial charge is 0.220 e. The monoisotopic (exact) mass is 351 g/mol. The number of fused-ring (bicyclic) bond motifs is 1. The molecule has 1 aromatic carbocycles. The summed E-state index contributed by atoms with van der Waals surface area (Å²) in [4.78, 5) is 12.3. The highest BCUT2D eigenvalue weighted by Gasteiger charge is 2.28. The van der Waals surface area contributed by atoms with E-state index >= 15 is 0 Å². The molecule has 132 valence electrons. The Balaban J connectivity index is 1.56. The van der Waals surface area contributed by atoms with Crippen molar-refractivity contribution in [3.8, 4) is 5.75 Å². The Morgan fingerprint density at radius 2 is 2.17 bits per heavy atom. The summed E-state index contributed by atoms with van der Waals surface area (Å²) >= 11 is 0. The van der Waals surface area contributed by atoms with Crippen molar-refractivity contribution in [3.63, 3.8) is 0 Å². The molecule has 5 nitrogen and oxygen atoms in total. The van der Waals surface area contributed by atoms with Crippen molar-refractivity contribution in [2.24, 2.45) is 5.92 Å². The molecular formula is C18H25NO4S. The average Bonchev–Trinajstić information content (AvgIpc) is 2.92. The van der Waals surface area contributed by atoms with E-state index in [4.69, 9.17) is 4.74 Å². The third-order valence-electron chi connectivity index (χ3n) is 5.14. The van der Waals surface area contributed by atoms with Crippen molar-refractivity contribution < 1.29 is 17.9 Å². The van der Waals surface area contributed by atoms with Gasteiger partial charge in [-0.3, -0.25) is 4.79 Å². The van der Waals surface area contributed by atoms with Crippen molar-refractivity contribution in [3.05, 3.63) is 29.3 Å². The highest BCUT2D eigenvalue weighted by Crippen LogP contribution is 2.35. The minimum Gasteiger partial charge on any atom is -0.497 e. The summed E-state index contributed by atoms with van der Waals surface area (Å²) in [6.07, 6.45) is 4.27. The van der Waals surface area contributed by atoms with E-state index in [0.717, 1.165) is 25.0 Å². The van der Waals surface area contributed by atoms with Gasteiger partial charge < -0.3 is 10.1 Å². The fourth-order valence-corrected chi connectivity index (χ4v) is 5.68. The second-order valence-corrected chi connectivity index (χ2v) is 9.16. The van der Waals surface area contributed by atoms with Crippen molar-refractivity contribution >= 4 is 15.7 Å². The number of hydrogen-bond donors (Lipinski definition) is 1. The summed E-state index contributed by atoms with van der Waals surface area (Å²) in [6.45, 7) is 0.472. The number of sulfone groups is 1. The van der Waals surface area contributed by atoms with Gasteiger partial charge in [-0.1, -0.05) is 6.07 Å². The molecule has 1 aliphatic carbocycles. The second kappa shape index (κ2) is 7.13. The molecular weight excluding hydrogens is 326 g/mol. The van der Waals surface area contributed by atoms with Crippen LogP contribution in [0.5, 0.6) is 5.75 Å². The first-order chi connectivity index (χ1) is 11.5. The zero-order valence-electron chi connectivity index (χ0n) is 14.1. The maximum absolute atomic E-state index is 12.3. The number of benzene rings is 1. The summed E-state index contributed by atoms with van der Waals surface area (Å²) in [5.41, 5.74) is 2.53. The SMILES string of the molecule is COc1ccc2c(c1)CCCC2CC(=O)NCC1CCS(=O)(=O)C1. The van der Waals surface area contributed by atoms with Crippen molar-refractivity contribution in [1.29, 1.82) is 0 Å². The molecule has 0 radical (unpaired) electrons. The number of aryl methyl sites for hydroxylation is 1. The molecule has 1 saturated heterocycles. The maximum atomic E-state index is 12.3. The molecule has 1 amide bonds. The van der Waals surface area contributed by atoms with Gasteiger partial charge >= 0.3 is 0 Å². The fourth-order valence-electron chi connectivity index (χ4n) is 3.82. The van der Waals surface area contributed by atoms with E-state index in [2.05, 4.69) is 17.4 Å². The molecule has 2 unspecified atom stereocenters. The van der Waals surface area contributed by atoms with E-state index in [1.165, 1.54) is 11.1 Å². The highest BCUT2D eigenvalue weighted by molar-refractivity contribution is 7.91. The molecule has 1 heterocycles. The van der Waals surface area contributed by atoms with Crippen LogP contribution in [0.25, 0.3) is 0 Å². The molecule has 0 aromatic heterocycles. The van der Waals surface area contributed by atoms with Crippen LogP contribution in [0.4, 0.5) is 0 Å². The van der Waals surface area contributed by atoms with Gasteiger partial charge in [0.2, 0.25) is 5.91 Å². The number of carbonyl (C=O) groups excluding carboxylic acids is 1. The van der Waals surface area contributed by atoms with Gasteiger partial charge in [0.25, 0.3) is 0 Å². The largest absolute Gasteiger partial charge is 0.497 e. The van der Waals surface area contributed by atoms with E-state index in [-0.39, 0.29) is 29.2 Å². The lowest BCUT2D eigenvalue weighted by molar-refractivity contribution is -0.121. The third-order valence-corrected chi connectivity index (χ3v) is 6.97. The first-order valence-electron chi connectivity index (χ1n) is 8.61. The molecule has 1 fully saturated rings. The van der Waals surface area contributed by atoms with Crippen LogP contribution >= 0.6 is 0 Å². The number of methoxy groups -OCH3 is 1. The highest BCUT2D eigenvalue weighted by atomic mass is 32.2. The Hall–Kier alpha value is -1.56. The van der Waals surface area contributed by atoms with E-state index in [1.54, 1.807) is 7.11 Å². The van der Waals surface area contributed by atoms with Gasteiger partial charge in [-0.05, 0) is 60.8 Å². The van der Waals surface area contributed by atoms with E-state index in [0.29, 0.717) is 19.4 Å². The summed E-state index contributed by atoms with van der Waals surface area (Å²) < 4.78 is 28.2. The zero-order chi connectivity index (χ0) is 17.2. The predicted molar refractivity (Wildman–Crippen MR) is 93.1 cm³/mol.